The highest BCUT2D eigenvalue weighted by Crippen LogP contribution is 2.21. The molecule has 0 bridgehead atoms. The zero-order valence-corrected chi connectivity index (χ0v) is 17.2. The summed E-state index contributed by atoms with van der Waals surface area (Å²) in [6.45, 7) is 1.85. The molecule has 2 aromatic carbocycles. The fraction of sp³-hybridized carbons (Fsp3) is 0.136. The lowest BCUT2D eigenvalue weighted by molar-refractivity contribution is -0.111. The maximum absolute atomic E-state index is 12.1. The molecule has 0 fully saturated rings. The number of benzene rings is 2. The van der Waals surface area contributed by atoms with Gasteiger partial charge in [-0.1, -0.05) is 29.8 Å². The van der Waals surface area contributed by atoms with Crippen molar-refractivity contribution >= 4 is 46.6 Å². The van der Waals surface area contributed by atoms with Crippen LogP contribution >= 0.6 is 11.6 Å². The van der Waals surface area contributed by atoms with Crippen LogP contribution in [0, 0.1) is 6.92 Å². The van der Waals surface area contributed by atoms with E-state index in [0.29, 0.717) is 22.4 Å². The van der Waals surface area contributed by atoms with Gasteiger partial charge in [-0.15, -0.1) is 0 Å². The number of nitrogens with one attached hydrogen (secondary N) is 2. The largest absolute Gasteiger partial charge is 0.363 e. The smallest absolute Gasteiger partial charge is 0.248 e. The zero-order chi connectivity index (χ0) is 20.8. The van der Waals surface area contributed by atoms with E-state index < -0.39 is 0 Å². The van der Waals surface area contributed by atoms with Gasteiger partial charge < -0.3 is 15.5 Å². The molecule has 0 aliphatic rings. The Morgan fingerprint density at radius 3 is 2.41 bits per heavy atom. The topological polar surface area (TPSA) is 70.2 Å². The number of amides is 1. The average molecular weight is 408 g/mol. The molecule has 0 aliphatic carbocycles. The van der Waals surface area contributed by atoms with Crippen molar-refractivity contribution in [1.82, 2.24) is 9.97 Å². The monoisotopic (exact) mass is 407 g/mol. The Balaban J connectivity index is 1.63. The maximum atomic E-state index is 12.1. The standard InChI is InChI=1S/C22H22ClN5O/c1-15-24-20(14-21(25-15)28(2)3)26-17-9-11-18(12-10-17)27-22(29)13-8-16-6-4-5-7-19(16)23/h4-14H,1-3H3,(H,27,29)(H,24,25,26)/b13-8+. The number of anilines is 4. The van der Waals surface area contributed by atoms with Crippen LogP contribution in [-0.2, 0) is 4.79 Å². The number of carbonyl (C=O) groups is 1. The number of halogens is 1. The lowest BCUT2D eigenvalue weighted by atomic mass is 10.2. The van der Waals surface area contributed by atoms with Crippen molar-refractivity contribution in [3.8, 4) is 0 Å². The number of nitrogens with zero attached hydrogens (tertiary/aromatic N) is 3. The van der Waals surface area contributed by atoms with E-state index in [9.17, 15) is 4.79 Å². The van der Waals surface area contributed by atoms with Crippen LogP contribution < -0.4 is 15.5 Å². The van der Waals surface area contributed by atoms with Gasteiger partial charge in [-0.2, -0.15) is 0 Å². The molecule has 29 heavy (non-hydrogen) atoms. The molecule has 0 spiro atoms. The highest BCUT2D eigenvalue weighted by atomic mass is 35.5. The van der Waals surface area contributed by atoms with Crippen molar-refractivity contribution in [2.24, 2.45) is 0 Å². The van der Waals surface area contributed by atoms with E-state index in [2.05, 4.69) is 20.6 Å². The highest BCUT2D eigenvalue weighted by molar-refractivity contribution is 6.32. The van der Waals surface area contributed by atoms with Crippen LogP contribution in [-0.4, -0.2) is 30.0 Å². The minimum Gasteiger partial charge on any atom is -0.363 e. The van der Waals surface area contributed by atoms with Gasteiger partial charge in [0, 0.05) is 42.6 Å². The number of carbonyl (C=O) groups excluding carboxylic acids is 1. The second-order valence-corrected chi connectivity index (χ2v) is 7.01. The SMILES string of the molecule is Cc1nc(Nc2ccc(NC(=O)/C=C/c3ccccc3Cl)cc2)cc(N(C)C)n1. The zero-order valence-electron chi connectivity index (χ0n) is 16.5. The normalized spacial score (nSPS) is 10.8. The van der Waals surface area contributed by atoms with Gasteiger partial charge in [0.05, 0.1) is 0 Å². The van der Waals surface area contributed by atoms with Gasteiger partial charge in [-0.25, -0.2) is 9.97 Å². The first-order valence-corrected chi connectivity index (χ1v) is 9.42. The number of aryl methyl sites for hydroxylation is 1. The molecular weight excluding hydrogens is 386 g/mol. The van der Waals surface area contributed by atoms with Crippen molar-refractivity contribution in [2.75, 3.05) is 29.6 Å². The van der Waals surface area contributed by atoms with E-state index in [0.717, 1.165) is 17.1 Å². The van der Waals surface area contributed by atoms with Gasteiger partial charge in [-0.05, 0) is 48.9 Å². The van der Waals surface area contributed by atoms with E-state index >= 15 is 0 Å². The predicted octanol–water partition coefficient (Wildman–Crippen LogP) is 4.90. The van der Waals surface area contributed by atoms with Crippen LogP contribution in [0.1, 0.15) is 11.4 Å². The Hall–Kier alpha value is -3.38. The molecule has 0 atom stereocenters. The third-order valence-electron chi connectivity index (χ3n) is 4.03. The molecule has 148 valence electrons. The summed E-state index contributed by atoms with van der Waals surface area (Å²) in [5.41, 5.74) is 2.34. The molecule has 0 aliphatic heterocycles. The van der Waals surface area contributed by atoms with Crippen molar-refractivity contribution in [3.63, 3.8) is 0 Å². The van der Waals surface area contributed by atoms with Crippen LogP contribution in [0.4, 0.5) is 23.0 Å². The number of hydrogen-bond donors (Lipinski definition) is 2. The molecule has 1 amide bonds. The Morgan fingerprint density at radius 1 is 1.03 bits per heavy atom. The molecule has 3 rings (SSSR count). The minimum atomic E-state index is -0.229. The van der Waals surface area contributed by atoms with E-state index in [1.165, 1.54) is 6.08 Å². The summed E-state index contributed by atoms with van der Waals surface area (Å²) in [5.74, 6) is 2.00. The summed E-state index contributed by atoms with van der Waals surface area (Å²) in [5, 5.41) is 6.68. The van der Waals surface area contributed by atoms with Gasteiger partial charge in [0.2, 0.25) is 5.91 Å². The average Bonchev–Trinajstić information content (AvgIpc) is 2.68. The first kappa shape index (κ1) is 20.4. The van der Waals surface area contributed by atoms with E-state index in [4.69, 9.17) is 11.6 Å². The minimum absolute atomic E-state index is 0.229. The van der Waals surface area contributed by atoms with E-state index in [-0.39, 0.29) is 5.91 Å². The number of hydrogen-bond acceptors (Lipinski definition) is 5. The molecule has 2 N–H and O–H groups in total. The quantitative estimate of drug-likeness (QED) is 0.569. The molecule has 3 aromatic rings. The molecule has 7 heteroatoms. The van der Waals surface area contributed by atoms with Crippen molar-refractivity contribution in [3.05, 3.63) is 77.1 Å². The lowest BCUT2D eigenvalue weighted by Gasteiger charge is -2.14. The molecule has 6 nitrogen and oxygen atoms in total. The van der Waals surface area contributed by atoms with Crippen LogP contribution in [0.5, 0.6) is 0 Å². The molecule has 0 saturated carbocycles. The molecule has 1 aromatic heterocycles. The molecule has 0 saturated heterocycles. The maximum Gasteiger partial charge on any atom is 0.248 e. The Labute approximate surface area is 175 Å². The summed E-state index contributed by atoms with van der Waals surface area (Å²) in [6.07, 6.45) is 3.15. The Bertz CT molecular complexity index is 1030. The van der Waals surface area contributed by atoms with Gasteiger partial charge in [0.1, 0.15) is 17.5 Å². The third-order valence-corrected chi connectivity index (χ3v) is 4.37. The fourth-order valence-corrected chi connectivity index (χ4v) is 2.79. The van der Waals surface area contributed by atoms with Crippen LogP contribution in [0.3, 0.4) is 0 Å². The first-order chi connectivity index (χ1) is 13.9. The van der Waals surface area contributed by atoms with Gasteiger partial charge in [0.15, 0.2) is 0 Å². The molecule has 1 heterocycles. The Kier molecular flexibility index (Phi) is 6.46. The molecule has 0 unspecified atom stereocenters. The van der Waals surface area contributed by atoms with Crippen LogP contribution in [0.25, 0.3) is 6.08 Å². The van der Waals surface area contributed by atoms with Crippen LogP contribution in [0.15, 0.2) is 60.7 Å². The summed E-state index contributed by atoms with van der Waals surface area (Å²) < 4.78 is 0. The number of aromatic nitrogens is 2. The fourth-order valence-electron chi connectivity index (χ4n) is 2.59. The van der Waals surface area contributed by atoms with Gasteiger partial charge >= 0.3 is 0 Å². The van der Waals surface area contributed by atoms with E-state index in [1.807, 2.05) is 74.4 Å². The second-order valence-electron chi connectivity index (χ2n) is 6.60. The van der Waals surface area contributed by atoms with Crippen molar-refractivity contribution < 1.29 is 4.79 Å². The van der Waals surface area contributed by atoms with Gasteiger partial charge in [0.25, 0.3) is 0 Å². The summed E-state index contributed by atoms with van der Waals surface area (Å²) in [7, 11) is 3.87. The second kappa shape index (κ2) is 9.21. The van der Waals surface area contributed by atoms with E-state index in [1.54, 1.807) is 12.1 Å². The molecule has 0 radical (unpaired) electrons. The predicted molar refractivity (Wildman–Crippen MR) is 120 cm³/mol. The van der Waals surface area contributed by atoms with Gasteiger partial charge in [-0.3, -0.25) is 4.79 Å². The third kappa shape index (κ3) is 5.80. The lowest BCUT2D eigenvalue weighted by Crippen LogP contribution is -2.12. The highest BCUT2D eigenvalue weighted by Gasteiger charge is 2.05. The van der Waals surface area contributed by atoms with Crippen molar-refractivity contribution in [1.29, 1.82) is 0 Å². The summed E-state index contributed by atoms with van der Waals surface area (Å²) >= 11 is 6.09. The first-order valence-electron chi connectivity index (χ1n) is 9.04. The van der Waals surface area contributed by atoms with Crippen LogP contribution in [0.2, 0.25) is 5.02 Å². The summed E-state index contributed by atoms with van der Waals surface area (Å²) in [6, 6.07) is 16.6. The molecular formula is C22H22ClN5O. The van der Waals surface area contributed by atoms with Crippen molar-refractivity contribution in [2.45, 2.75) is 6.92 Å². The number of rotatable bonds is 6. The summed E-state index contributed by atoms with van der Waals surface area (Å²) in [4.78, 5) is 22.8. The Morgan fingerprint density at radius 2 is 1.72 bits per heavy atom.